The molecule has 0 aromatic heterocycles. The highest BCUT2D eigenvalue weighted by molar-refractivity contribution is 9.10. The van der Waals surface area contributed by atoms with E-state index < -0.39 is 0 Å². The van der Waals surface area contributed by atoms with Gasteiger partial charge < -0.3 is 0 Å². The SMILES string of the molecule is CC(C)[C@H](Br)C(=O)NNC(=O)[C@]1(C)C[C@H]1Br. The summed E-state index contributed by atoms with van der Waals surface area (Å²) in [4.78, 5) is 23.1. The molecular formula is C10H16Br2N2O2. The second kappa shape index (κ2) is 5.04. The van der Waals surface area contributed by atoms with Gasteiger partial charge in [-0.2, -0.15) is 0 Å². The van der Waals surface area contributed by atoms with Crippen molar-refractivity contribution in [3.8, 4) is 0 Å². The number of hydrogen-bond acceptors (Lipinski definition) is 2. The Morgan fingerprint density at radius 3 is 2.25 bits per heavy atom. The van der Waals surface area contributed by atoms with Crippen LogP contribution in [0.5, 0.6) is 0 Å². The van der Waals surface area contributed by atoms with E-state index in [2.05, 4.69) is 42.7 Å². The first-order chi connectivity index (χ1) is 7.29. The summed E-state index contributed by atoms with van der Waals surface area (Å²) in [5, 5.41) is 0. The van der Waals surface area contributed by atoms with Crippen LogP contribution in [0.2, 0.25) is 0 Å². The van der Waals surface area contributed by atoms with Crippen molar-refractivity contribution in [3.05, 3.63) is 0 Å². The van der Waals surface area contributed by atoms with E-state index in [1.54, 1.807) is 0 Å². The standard InChI is InChI=1S/C10H16Br2N2O2/c1-5(2)7(12)8(15)13-14-9(16)10(3)4-6(10)11/h5-7H,4H2,1-3H3,(H,13,15)(H,14,16)/t6-,7+,10-/m1/s1. The van der Waals surface area contributed by atoms with E-state index >= 15 is 0 Å². The van der Waals surface area contributed by atoms with E-state index in [9.17, 15) is 9.59 Å². The molecule has 0 radical (unpaired) electrons. The lowest BCUT2D eigenvalue weighted by molar-refractivity contribution is -0.131. The summed E-state index contributed by atoms with van der Waals surface area (Å²) in [6, 6.07) is 0. The predicted octanol–water partition coefficient (Wildman–Crippen LogP) is 1.73. The quantitative estimate of drug-likeness (QED) is 0.598. The van der Waals surface area contributed by atoms with Crippen LogP contribution in [0.1, 0.15) is 27.2 Å². The van der Waals surface area contributed by atoms with E-state index in [1.807, 2.05) is 20.8 Å². The molecule has 0 heterocycles. The number of halogens is 2. The summed E-state index contributed by atoms with van der Waals surface area (Å²) in [7, 11) is 0. The Kier molecular flexibility index (Phi) is 4.40. The summed E-state index contributed by atoms with van der Waals surface area (Å²) >= 11 is 6.64. The predicted molar refractivity (Wildman–Crippen MR) is 69.3 cm³/mol. The first kappa shape index (κ1) is 14.0. The molecule has 16 heavy (non-hydrogen) atoms. The highest BCUT2D eigenvalue weighted by Gasteiger charge is 2.54. The zero-order chi connectivity index (χ0) is 12.5. The fraction of sp³-hybridized carbons (Fsp3) is 0.800. The minimum absolute atomic E-state index is 0.147. The second-order valence-electron chi connectivity index (χ2n) is 4.68. The Labute approximate surface area is 112 Å². The number of nitrogens with one attached hydrogen (secondary N) is 2. The largest absolute Gasteiger partial charge is 0.273 e. The monoisotopic (exact) mass is 354 g/mol. The molecule has 4 nitrogen and oxygen atoms in total. The summed E-state index contributed by atoms with van der Waals surface area (Å²) < 4.78 is 0. The number of carbonyl (C=O) groups is 2. The van der Waals surface area contributed by atoms with Crippen molar-refractivity contribution in [1.82, 2.24) is 10.9 Å². The molecule has 0 aromatic carbocycles. The molecule has 3 atom stereocenters. The minimum atomic E-state index is -0.382. The average molecular weight is 356 g/mol. The van der Waals surface area contributed by atoms with Crippen LogP contribution in [0.25, 0.3) is 0 Å². The third-order valence-electron chi connectivity index (χ3n) is 2.79. The van der Waals surface area contributed by atoms with E-state index in [4.69, 9.17) is 0 Å². The van der Waals surface area contributed by atoms with E-state index in [1.165, 1.54) is 0 Å². The van der Waals surface area contributed by atoms with Crippen LogP contribution in [0.3, 0.4) is 0 Å². The highest BCUT2D eigenvalue weighted by atomic mass is 79.9. The zero-order valence-electron chi connectivity index (χ0n) is 9.51. The molecule has 1 aliphatic carbocycles. The molecule has 0 bridgehead atoms. The molecule has 0 unspecified atom stereocenters. The van der Waals surface area contributed by atoms with Gasteiger partial charge >= 0.3 is 0 Å². The lowest BCUT2D eigenvalue weighted by Gasteiger charge is -2.16. The molecule has 0 aliphatic heterocycles. The summed E-state index contributed by atoms with van der Waals surface area (Å²) in [6.45, 7) is 5.72. The Balaban J connectivity index is 2.36. The van der Waals surface area contributed by atoms with Gasteiger partial charge in [0.2, 0.25) is 5.91 Å². The molecule has 6 heteroatoms. The number of hydrazine groups is 1. The molecule has 2 amide bonds. The lowest BCUT2D eigenvalue weighted by Crippen LogP contribution is -2.48. The van der Waals surface area contributed by atoms with Gasteiger partial charge in [-0.15, -0.1) is 0 Å². The van der Waals surface area contributed by atoms with Crippen molar-refractivity contribution in [2.75, 3.05) is 0 Å². The molecule has 0 aromatic rings. The second-order valence-corrected chi connectivity index (χ2v) is 6.77. The van der Waals surface area contributed by atoms with Gasteiger partial charge in [-0.05, 0) is 19.3 Å². The maximum Gasteiger partial charge on any atom is 0.252 e. The van der Waals surface area contributed by atoms with Gasteiger partial charge in [0.15, 0.2) is 0 Å². The normalized spacial score (nSPS) is 29.8. The lowest BCUT2D eigenvalue weighted by atomic mass is 10.1. The zero-order valence-corrected chi connectivity index (χ0v) is 12.7. The summed E-state index contributed by atoms with van der Waals surface area (Å²) in [5.41, 5.74) is 4.50. The molecule has 92 valence electrons. The highest BCUT2D eigenvalue weighted by Crippen LogP contribution is 2.51. The van der Waals surface area contributed by atoms with Crippen LogP contribution in [0.15, 0.2) is 0 Å². The summed E-state index contributed by atoms with van der Waals surface area (Å²) in [5.74, 6) is -0.192. The van der Waals surface area contributed by atoms with E-state index in [0.29, 0.717) is 0 Å². The third-order valence-corrected chi connectivity index (χ3v) is 5.60. The maximum absolute atomic E-state index is 11.7. The fourth-order valence-electron chi connectivity index (χ4n) is 1.18. The first-order valence-electron chi connectivity index (χ1n) is 5.17. The van der Waals surface area contributed by atoms with Gasteiger partial charge in [0.05, 0.1) is 10.2 Å². The molecule has 1 aliphatic rings. The summed E-state index contributed by atoms with van der Waals surface area (Å²) in [6.07, 6.45) is 0.802. The van der Waals surface area contributed by atoms with Crippen molar-refractivity contribution in [2.24, 2.45) is 11.3 Å². The van der Waals surface area contributed by atoms with Gasteiger partial charge in [0.1, 0.15) is 0 Å². The third kappa shape index (κ3) is 2.97. The first-order valence-corrected chi connectivity index (χ1v) is 7.00. The van der Waals surface area contributed by atoms with Crippen LogP contribution in [-0.2, 0) is 9.59 Å². The van der Waals surface area contributed by atoms with Gasteiger partial charge in [-0.25, -0.2) is 0 Å². The van der Waals surface area contributed by atoms with Crippen molar-refractivity contribution in [1.29, 1.82) is 0 Å². The van der Waals surface area contributed by atoms with Crippen LogP contribution in [0, 0.1) is 11.3 Å². The number of carbonyl (C=O) groups excluding carboxylic acids is 2. The molecular weight excluding hydrogens is 340 g/mol. The van der Waals surface area contributed by atoms with Crippen molar-refractivity contribution >= 4 is 43.7 Å². The maximum atomic E-state index is 11.7. The van der Waals surface area contributed by atoms with Crippen LogP contribution < -0.4 is 10.9 Å². The Bertz CT molecular complexity index is 309. The van der Waals surface area contributed by atoms with E-state index in [0.717, 1.165) is 6.42 Å². The smallest absolute Gasteiger partial charge is 0.252 e. The molecule has 2 N–H and O–H groups in total. The van der Waals surface area contributed by atoms with Crippen LogP contribution in [-0.4, -0.2) is 21.5 Å². The number of rotatable bonds is 3. The molecule has 1 rings (SSSR count). The molecule has 0 saturated heterocycles. The van der Waals surface area contributed by atoms with Crippen molar-refractivity contribution in [3.63, 3.8) is 0 Å². The Morgan fingerprint density at radius 1 is 1.38 bits per heavy atom. The van der Waals surface area contributed by atoms with Crippen LogP contribution >= 0.6 is 31.9 Å². The fourth-order valence-corrected chi connectivity index (χ4v) is 2.18. The van der Waals surface area contributed by atoms with Gasteiger partial charge in [0, 0.05) is 4.83 Å². The number of hydrogen-bond donors (Lipinski definition) is 2. The molecule has 1 fully saturated rings. The van der Waals surface area contributed by atoms with E-state index in [-0.39, 0.29) is 32.8 Å². The van der Waals surface area contributed by atoms with Gasteiger partial charge in [-0.1, -0.05) is 45.7 Å². The average Bonchev–Trinajstić information content (AvgIpc) is 2.83. The van der Waals surface area contributed by atoms with Gasteiger partial charge in [-0.3, -0.25) is 20.4 Å². The van der Waals surface area contributed by atoms with Crippen molar-refractivity contribution < 1.29 is 9.59 Å². The Morgan fingerprint density at radius 2 is 1.88 bits per heavy atom. The number of amides is 2. The van der Waals surface area contributed by atoms with Gasteiger partial charge in [0.25, 0.3) is 5.91 Å². The topological polar surface area (TPSA) is 58.2 Å². The molecule has 1 saturated carbocycles. The van der Waals surface area contributed by atoms with Crippen LogP contribution in [0.4, 0.5) is 0 Å². The minimum Gasteiger partial charge on any atom is -0.273 e. The number of alkyl halides is 2. The van der Waals surface area contributed by atoms with Crippen molar-refractivity contribution in [2.45, 2.75) is 36.8 Å². The molecule has 0 spiro atoms. The Hall–Kier alpha value is -0.100.